The van der Waals surface area contributed by atoms with Crippen molar-refractivity contribution in [2.75, 3.05) is 17.2 Å². The molecule has 21 heavy (non-hydrogen) atoms. The van der Waals surface area contributed by atoms with Crippen LogP contribution < -0.4 is 10.6 Å². The minimum absolute atomic E-state index is 0.573. The Bertz CT molecular complexity index is 764. The van der Waals surface area contributed by atoms with Gasteiger partial charge in [-0.1, -0.05) is 5.16 Å². The van der Waals surface area contributed by atoms with Crippen molar-refractivity contribution in [1.82, 2.24) is 15.1 Å². The first-order valence-electron chi connectivity index (χ1n) is 6.84. The summed E-state index contributed by atoms with van der Waals surface area (Å²) in [4.78, 5) is 11.3. The van der Waals surface area contributed by atoms with Gasteiger partial charge in [-0.25, -0.2) is 4.98 Å². The molecule has 0 bridgehead atoms. The third-order valence-corrected chi connectivity index (χ3v) is 3.91. The van der Waals surface area contributed by atoms with Crippen LogP contribution in [0.5, 0.6) is 0 Å². The molecular formula is C14H17N5OS. The van der Waals surface area contributed by atoms with Crippen molar-refractivity contribution in [2.45, 2.75) is 27.3 Å². The number of fused-ring (bicyclic) bond motifs is 1. The van der Waals surface area contributed by atoms with E-state index in [1.165, 1.54) is 4.88 Å². The van der Waals surface area contributed by atoms with Gasteiger partial charge >= 0.3 is 0 Å². The molecule has 110 valence electrons. The van der Waals surface area contributed by atoms with Crippen LogP contribution in [-0.4, -0.2) is 21.7 Å². The maximum absolute atomic E-state index is 5.07. The molecule has 0 unspecified atom stereocenters. The summed E-state index contributed by atoms with van der Waals surface area (Å²) in [5.41, 5.74) is 0.858. The van der Waals surface area contributed by atoms with Crippen LogP contribution in [0.25, 0.3) is 10.2 Å². The summed E-state index contributed by atoms with van der Waals surface area (Å²) >= 11 is 1.67. The van der Waals surface area contributed by atoms with Gasteiger partial charge in [-0.3, -0.25) is 0 Å². The second-order valence-electron chi connectivity index (χ2n) is 4.78. The minimum atomic E-state index is 0.573. The summed E-state index contributed by atoms with van der Waals surface area (Å²) in [6.45, 7) is 7.34. The molecule has 0 atom stereocenters. The zero-order chi connectivity index (χ0) is 14.8. The van der Waals surface area contributed by atoms with Crippen molar-refractivity contribution in [2.24, 2.45) is 0 Å². The fraction of sp³-hybridized carbons (Fsp3) is 0.357. The topological polar surface area (TPSA) is 75.9 Å². The summed E-state index contributed by atoms with van der Waals surface area (Å²) in [5, 5.41) is 11.5. The van der Waals surface area contributed by atoms with E-state index in [4.69, 9.17) is 4.52 Å². The van der Waals surface area contributed by atoms with Crippen LogP contribution in [0.1, 0.15) is 23.3 Å². The number of hydrogen-bond acceptors (Lipinski definition) is 7. The molecule has 0 aliphatic rings. The van der Waals surface area contributed by atoms with Gasteiger partial charge in [0.15, 0.2) is 0 Å². The molecule has 3 heterocycles. The molecule has 0 aromatic carbocycles. The van der Waals surface area contributed by atoms with Crippen LogP contribution in [-0.2, 0) is 6.54 Å². The van der Waals surface area contributed by atoms with Crippen molar-refractivity contribution >= 4 is 33.3 Å². The third kappa shape index (κ3) is 2.97. The largest absolute Gasteiger partial charge is 0.364 e. The van der Waals surface area contributed by atoms with Gasteiger partial charge < -0.3 is 15.2 Å². The van der Waals surface area contributed by atoms with E-state index in [9.17, 15) is 0 Å². The molecule has 3 rings (SSSR count). The summed E-state index contributed by atoms with van der Waals surface area (Å²) in [6.07, 6.45) is 0. The standard InChI is InChI=1S/C14H17N5OS/c1-4-15-14-17-12(11-6-9(3)21-13(11)18-14)16-7-10-5-8(2)20-19-10/h5-6H,4,7H2,1-3H3,(H2,15,16,17,18). The highest BCUT2D eigenvalue weighted by atomic mass is 32.1. The molecule has 0 aliphatic heterocycles. The number of aryl methyl sites for hydroxylation is 2. The third-order valence-electron chi connectivity index (χ3n) is 2.96. The van der Waals surface area contributed by atoms with Crippen molar-refractivity contribution in [3.8, 4) is 0 Å². The molecule has 0 radical (unpaired) electrons. The maximum Gasteiger partial charge on any atom is 0.226 e. The molecule has 2 N–H and O–H groups in total. The first kappa shape index (κ1) is 13.8. The van der Waals surface area contributed by atoms with E-state index in [0.29, 0.717) is 12.5 Å². The molecule has 0 fully saturated rings. The lowest BCUT2D eigenvalue weighted by Gasteiger charge is -2.07. The van der Waals surface area contributed by atoms with Crippen molar-refractivity contribution in [3.05, 3.63) is 28.5 Å². The highest BCUT2D eigenvalue weighted by Crippen LogP contribution is 2.29. The average Bonchev–Trinajstić information content (AvgIpc) is 3.01. The molecule has 0 saturated heterocycles. The fourth-order valence-corrected chi connectivity index (χ4v) is 2.97. The van der Waals surface area contributed by atoms with E-state index in [1.54, 1.807) is 11.3 Å². The second kappa shape index (κ2) is 5.69. The van der Waals surface area contributed by atoms with Crippen LogP contribution in [0.15, 0.2) is 16.7 Å². The van der Waals surface area contributed by atoms with Crippen LogP contribution >= 0.6 is 11.3 Å². The summed E-state index contributed by atoms with van der Waals surface area (Å²) < 4.78 is 5.07. The Morgan fingerprint density at radius 1 is 1.19 bits per heavy atom. The Balaban J connectivity index is 1.91. The predicted octanol–water partition coefficient (Wildman–Crippen LogP) is 3.34. The summed E-state index contributed by atoms with van der Waals surface area (Å²) in [7, 11) is 0. The zero-order valence-electron chi connectivity index (χ0n) is 12.2. The van der Waals surface area contributed by atoms with Crippen molar-refractivity contribution < 1.29 is 4.52 Å². The summed E-state index contributed by atoms with van der Waals surface area (Å²) in [5.74, 6) is 2.27. The predicted molar refractivity (Wildman–Crippen MR) is 84.9 cm³/mol. The Hall–Kier alpha value is -2.15. The van der Waals surface area contributed by atoms with E-state index in [0.717, 1.165) is 34.0 Å². The Labute approximate surface area is 126 Å². The van der Waals surface area contributed by atoms with Gasteiger partial charge in [0, 0.05) is 17.5 Å². The first-order valence-corrected chi connectivity index (χ1v) is 7.65. The average molecular weight is 303 g/mol. The van der Waals surface area contributed by atoms with Crippen molar-refractivity contribution in [3.63, 3.8) is 0 Å². The maximum atomic E-state index is 5.07. The highest BCUT2D eigenvalue weighted by molar-refractivity contribution is 7.18. The molecule has 3 aromatic rings. The quantitative estimate of drug-likeness (QED) is 0.753. The van der Waals surface area contributed by atoms with E-state index in [1.807, 2.05) is 19.9 Å². The lowest BCUT2D eigenvalue weighted by atomic mass is 10.3. The lowest BCUT2D eigenvalue weighted by Crippen LogP contribution is -2.07. The monoisotopic (exact) mass is 303 g/mol. The minimum Gasteiger partial charge on any atom is -0.364 e. The second-order valence-corrected chi connectivity index (χ2v) is 6.02. The number of anilines is 2. The smallest absolute Gasteiger partial charge is 0.226 e. The number of aromatic nitrogens is 3. The van der Waals surface area contributed by atoms with Gasteiger partial charge in [-0.15, -0.1) is 11.3 Å². The van der Waals surface area contributed by atoms with E-state index in [-0.39, 0.29) is 0 Å². The number of rotatable bonds is 5. The number of hydrogen-bond donors (Lipinski definition) is 2. The molecule has 6 nitrogen and oxygen atoms in total. The van der Waals surface area contributed by atoms with E-state index in [2.05, 4.69) is 38.7 Å². The number of nitrogens with zero attached hydrogens (tertiary/aromatic N) is 3. The van der Waals surface area contributed by atoms with Gasteiger partial charge in [0.05, 0.1) is 11.9 Å². The zero-order valence-corrected chi connectivity index (χ0v) is 13.0. The Morgan fingerprint density at radius 3 is 2.76 bits per heavy atom. The van der Waals surface area contributed by atoms with Crippen LogP contribution in [0, 0.1) is 13.8 Å². The van der Waals surface area contributed by atoms with Crippen LogP contribution in [0.3, 0.4) is 0 Å². The normalized spacial score (nSPS) is 11.0. The van der Waals surface area contributed by atoms with Gasteiger partial charge in [0.2, 0.25) is 5.95 Å². The van der Waals surface area contributed by atoms with Crippen LogP contribution in [0.2, 0.25) is 0 Å². The highest BCUT2D eigenvalue weighted by Gasteiger charge is 2.11. The Kier molecular flexibility index (Phi) is 3.74. The number of thiophene rings is 1. The van der Waals surface area contributed by atoms with Crippen molar-refractivity contribution in [1.29, 1.82) is 0 Å². The molecule has 0 amide bonds. The summed E-state index contributed by atoms with van der Waals surface area (Å²) in [6, 6.07) is 4.02. The van der Waals surface area contributed by atoms with Crippen LogP contribution in [0.4, 0.5) is 11.8 Å². The van der Waals surface area contributed by atoms with Gasteiger partial charge in [0.25, 0.3) is 0 Å². The van der Waals surface area contributed by atoms with E-state index < -0.39 is 0 Å². The lowest BCUT2D eigenvalue weighted by molar-refractivity contribution is 0.391. The Morgan fingerprint density at radius 2 is 2.05 bits per heavy atom. The first-order chi connectivity index (χ1) is 10.2. The van der Waals surface area contributed by atoms with Gasteiger partial charge in [-0.2, -0.15) is 4.98 Å². The SMILES string of the molecule is CCNc1nc(NCc2cc(C)on2)c2cc(C)sc2n1. The van der Waals surface area contributed by atoms with Gasteiger partial charge in [-0.05, 0) is 26.8 Å². The molecular weight excluding hydrogens is 286 g/mol. The fourth-order valence-electron chi connectivity index (χ4n) is 2.09. The molecule has 0 aliphatic carbocycles. The van der Waals surface area contributed by atoms with Gasteiger partial charge in [0.1, 0.15) is 22.1 Å². The molecule has 7 heteroatoms. The van der Waals surface area contributed by atoms with E-state index >= 15 is 0 Å². The molecule has 0 spiro atoms. The molecule has 3 aromatic heterocycles. The molecule has 0 saturated carbocycles. The number of nitrogens with one attached hydrogen (secondary N) is 2.